The van der Waals surface area contributed by atoms with Crippen LogP contribution in [0.3, 0.4) is 0 Å². The minimum absolute atomic E-state index is 0.301. The summed E-state index contributed by atoms with van der Waals surface area (Å²) in [5.41, 5.74) is 0.682. The second-order valence-electron chi connectivity index (χ2n) is 1.95. The lowest BCUT2D eigenvalue weighted by molar-refractivity contribution is 0.0602. The molecule has 4 heteroatoms. The summed E-state index contributed by atoms with van der Waals surface area (Å²) in [4.78, 5) is 14.6. The maximum atomic E-state index is 10.9. The summed E-state index contributed by atoms with van der Waals surface area (Å²) in [6.45, 7) is 0. The van der Waals surface area contributed by atoms with E-state index < -0.39 is 5.97 Å². The Labute approximate surface area is 65.8 Å². The number of carbonyl (C=O) groups is 1. The van der Waals surface area contributed by atoms with Crippen molar-refractivity contribution in [3.05, 3.63) is 24.0 Å². The molecule has 1 aromatic rings. The van der Waals surface area contributed by atoms with Crippen LogP contribution in [0.1, 0.15) is 10.4 Å². The van der Waals surface area contributed by atoms with E-state index in [1.165, 1.54) is 19.5 Å². The highest BCUT2D eigenvalue weighted by molar-refractivity contribution is 6.36. The van der Waals surface area contributed by atoms with E-state index in [-0.39, 0.29) is 0 Å². The molecule has 0 aliphatic heterocycles. The van der Waals surface area contributed by atoms with Crippen molar-refractivity contribution in [3.63, 3.8) is 0 Å². The third-order valence-corrected chi connectivity index (χ3v) is 1.26. The number of methoxy groups -OCH3 is 1. The lowest BCUT2D eigenvalue weighted by Crippen LogP contribution is -2.16. The zero-order chi connectivity index (χ0) is 8.27. The van der Waals surface area contributed by atoms with Crippen LogP contribution >= 0.6 is 0 Å². The van der Waals surface area contributed by atoms with E-state index in [4.69, 9.17) is 7.85 Å². The number of nitrogens with zero attached hydrogens (tertiary/aromatic N) is 1. The van der Waals surface area contributed by atoms with Crippen molar-refractivity contribution in [2.45, 2.75) is 0 Å². The normalized spacial score (nSPS) is 9.18. The lowest BCUT2D eigenvalue weighted by Gasteiger charge is -2.00. The van der Waals surface area contributed by atoms with Crippen LogP contribution in [0.2, 0.25) is 0 Å². The van der Waals surface area contributed by atoms with Gasteiger partial charge in [-0.25, -0.2) is 4.79 Å². The Hall–Kier alpha value is -1.32. The zero-order valence-corrected chi connectivity index (χ0v) is 6.07. The van der Waals surface area contributed by atoms with E-state index in [1.807, 2.05) is 0 Å². The topological polar surface area (TPSA) is 39.2 Å². The molecular formula is C7H6BNO2. The molecule has 11 heavy (non-hydrogen) atoms. The molecule has 0 aromatic carbocycles. The van der Waals surface area contributed by atoms with E-state index in [0.29, 0.717) is 11.0 Å². The number of rotatable bonds is 1. The summed E-state index contributed by atoms with van der Waals surface area (Å²) in [5.74, 6) is -0.462. The number of carbonyl (C=O) groups excluding carboxylic acids is 1. The van der Waals surface area contributed by atoms with Crippen LogP contribution in [0.15, 0.2) is 18.5 Å². The quantitative estimate of drug-likeness (QED) is 0.403. The molecule has 1 rings (SSSR count). The maximum Gasteiger partial charge on any atom is 0.338 e. The number of hydrogen-bond acceptors (Lipinski definition) is 3. The maximum absolute atomic E-state index is 10.9. The van der Waals surface area contributed by atoms with Gasteiger partial charge in [0.25, 0.3) is 0 Å². The van der Waals surface area contributed by atoms with Crippen molar-refractivity contribution >= 4 is 19.3 Å². The minimum Gasteiger partial charge on any atom is -0.465 e. The van der Waals surface area contributed by atoms with E-state index in [1.54, 1.807) is 6.07 Å². The second kappa shape index (κ2) is 3.19. The first-order valence-corrected chi connectivity index (χ1v) is 3.03. The molecule has 1 aromatic heterocycles. The standard InChI is InChI=1S/C7H6BNO2/c1-11-7(10)5-4-9-3-2-6(5)8/h2-4H,1H3. The molecule has 0 unspecified atom stereocenters. The molecule has 0 bridgehead atoms. The van der Waals surface area contributed by atoms with Crippen molar-refractivity contribution in [1.29, 1.82) is 0 Å². The van der Waals surface area contributed by atoms with Crippen LogP contribution in [-0.2, 0) is 4.74 Å². The molecule has 2 radical (unpaired) electrons. The molecule has 0 aliphatic rings. The summed E-state index contributed by atoms with van der Waals surface area (Å²) >= 11 is 0. The van der Waals surface area contributed by atoms with Gasteiger partial charge >= 0.3 is 5.97 Å². The Morgan fingerprint density at radius 3 is 3.00 bits per heavy atom. The predicted octanol–water partition coefficient (Wildman–Crippen LogP) is -0.338. The number of aromatic nitrogens is 1. The van der Waals surface area contributed by atoms with Crippen LogP contribution < -0.4 is 5.46 Å². The molecule has 0 saturated heterocycles. The first-order valence-electron chi connectivity index (χ1n) is 3.03. The van der Waals surface area contributed by atoms with Crippen LogP contribution in [0.25, 0.3) is 0 Å². The Bertz CT molecular complexity index is 275. The smallest absolute Gasteiger partial charge is 0.338 e. The average molecular weight is 147 g/mol. The Kier molecular flexibility index (Phi) is 2.26. The molecule has 0 amide bonds. The first-order chi connectivity index (χ1) is 5.25. The van der Waals surface area contributed by atoms with E-state index in [0.717, 1.165) is 0 Å². The van der Waals surface area contributed by atoms with Gasteiger partial charge in [-0.3, -0.25) is 4.98 Å². The minimum atomic E-state index is -0.462. The monoisotopic (exact) mass is 147 g/mol. The third kappa shape index (κ3) is 1.58. The third-order valence-electron chi connectivity index (χ3n) is 1.26. The summed E-state index contributed by atoms with van der Waals surface area (Å²) in [6, 6.07) is 1.55. The molecule has 54 valence electrons. The molecule has 0 atom stereocenters. The average Bonchev–Trinajstić information content (AvgIpc) is 2.04. The molecule has 1 heterocycles. The highest BCUT2D eigenvalue weighted by Gasteiger charge is 2.06. The second-order valence-corrected chi connectivity index (χ2v) is 1.95. The molecule has 3 nitrogen and oxygen atoms in total. The molecule has 0 spiro atoms. The van der Waals surface area contributed by atoms with Gasteiger partial charge < -0.3 is 4.74 Å². The molecule has 0 aliphatic carbocycles. The molecular weight excluding hydrogens is 141 g/mol. The van der Waals surface area contributed by atoms with Gasteiger partial charge in [0.1, 0.15) is 7.85 Å². The van der Waals surface area contributed by atoms with E-state index in [9.17, 15) is 4.79 Å². The van der Waals surface area contributed by atoms with Crippen molar-refractivity contribution in [2.75, 3.05) is 7.11 Å². The molecule has 0 saturated carbocycles. The Morgan fingerprint density at radius 1 is 1.73 bits per heavy atom. The first kappa shape index (κ1) is 7.79. The van der Waals surface area contributed by atoms with Crippen molar-refractivity contribution in [2.24, 2.45) is 0 Å². The summed E-state index contributed by atoms with van der Waals surface area (Å²) in [5, 5.41) is 0. The summed E-state index contributed by atoms with van der Waals surface area (Å²) in [7, 11) is 6.76. The predicted molar refractivity (Wildman–Crippen MR) is 41.0 cm³/mol. The summed E-state index contributed by atoms with van der Waals surface area (Å²) in [6.07, 6.45) is 2.89. The SMILES string of the molecule is [B]c1ccncc1C(=O)OC. The Morgan fingerprint density at radius 2 is 2.45 bits per heavy atom. The highest BCUT2D eigenvalue weighted by Crippen LogP contribution is 1.93. The van der Waals surface area contributed by atoms with Crippen LogP contribution in [0.5, 0.6) is 0 Å². The van der Waals surface area contributed by atoms with Crippen LogP contribution in [0, 0.1) is 0 Å². The number of esters is 1. The van der Waals surface area contributed by atoms with Gasteiger partial charge in [-0.2, -0.15) is 0 Å². The number of pyridine rings is 1. The van der Waals surface area contributed by atoms with Gasteiger partial charge in [0.15, 0.2) is 0 Å². The fraction of sp³-hybridized carbons (Fsp3) is 0.143. The fourth-order valence-electron chi connectivity index (χ4n) is 0.686. The van der Waals surface area contributed by atoms with E-state index >= 15 is 0 Å². The van der Waals surface area contributed by atoms with Gasteiger partial charge in [0, 0.05) is 12.4 Å². The summed E-state index contributed by atoms with van der Waals surface area (Å²) < 4.78 is 4.46. The highest BCUT2D eigenvalue weighted by atomic mass is 16.5. The van der Waals surface area contributed by atoms with Gasteiger partial charge in [0.2, 0.25) is 0 Å². The van der Waals surface area contributed by atoms with Crippen LogP contribution in [-0.4, -0.2) is 25.9 Å². The zero-order valence-electron chi connectivity index (χ0n) is 6.07. The van der Waals surface area contributed by atoms with Crippen molar-refractivity contribution in [1.82, 2.24) is 4.98 Å². The van der Waals surface area contributed by atoms with Crippen LogP contribution in [0.4, 0.5) is 0 Å². The number of ether oxygens (including phenoxy) is 1. The van der Waals surface area contributed by atoms with Gasteiger partial charge in [-0.15, -0.1) is 0 Å². The lowest BCUT2D eigenvalue weighted by atomic mass is 9.92. The van der Waals surface area contributed by atoms with Gasteiger partial charge in [-0.05, 0) is 0 Å². The fourth-order valence-corrected chi connectivity index (χ4v) is 0.686. The van der Waals surface area contributed by atoms with Gasteiger partial charge in [-0.1, -0.05) is 11.5 Å². The largest absolute Gasteiger partial charge is 0.465 e. The molecule has 0 N–H and O–H groups in total. The Balaban J connectivity index is 3.03. The van der Waals surface area contributed by atoms with Crippen molar-refractivity contribution in [3.8, 4) is 0 Å². The van der Waals surface area contributed by atoms with Gasteiger partial charge in [0.05, 0.1) is 12.7 Å². The molecule has 0 fully saturated rings. The number of hydrogen-bond donors (Lipinski definition) is 0. The van der Waals surface area contributed by atoms with E-state index in [2.05, 4.69) is 9.72 Å². The van der Waals surface area contributed by atoms with Crippen molar-refractivity contribution < 1.29 is 9.53 Å².